The van der Waals surface area contributed by atoms with E-state index in [4.69, 9.17) is 0 Å². The molecule has 4 heteroatoms. The Balaban J connectivity index is 2.47. The van der Waals surface area contributed by atoms with Crippen LogP contribution in [0.25, 0.3) is 0 Å². The fourth-order valence-electron chi connectivity index (χ4n) is 1.60. The third-order valence-electron chi connectivity index (χ3n) is 2.97. The average Bonchev–Trinajstić information content (AvgIpc) is 2.89. The Bertz CT molecular complexity index is 458. The molecular formula is C15H23N3O. The Kier molecular flexibility index (Phi) is 6.06. The zero-order chi connectivity index (χ0) is 14.3. The topological polar surface area (TPSA) is 46.9 Å². The van der Waals surface area contributed by atoms with Gasteiger partial charge in [-0.05, 0) is 39.3 Å². The summed E-state index contributed by atoms with van der Waals surface area (Å²) in [6.45, 7) is 8.06. The predicted octanol–water partition coefficient (Wildman–Crippen LogP) is 3.21. The zero-order valence-electron chi connectivity index (χ0n) is 12.2. The Morgan fingerprint density at radius 1 is 1.42 bits per heavy atom. The summed E-state index contributed by atoms with van der Waals surface area (Å²) in [5.74, 6) is 0.0132. The van der Waals surface area contributed by atoms with Crippen molar-refractivity contribution in [3.63, 3.8) is 0 Å². The van der Waals surface area contributed by atoms with Gasteiger partial charge >= 0.3 is 0 Å². The summed E-state index contributed by atoms with van der Waals surface area (Å²) < 4.78 is 1.79. The number of carbonyl (C=O) groups excluding carboxylic acids is 1. The highest BCUT2D eigenvalue weighted by atomic mass is 16.1. The zero-order valence-corrected chi connectivity index (χ0v) is 12.2. The third-order valence-corrected chi connectivity index (χ3v) is 2.97. The molecule has 1 heterocycles. The van der Waals surface area contributed by atoms with E-state index < -0.39 is 0 Å². The number of hydrogen-bond donors (Lipinski definition) is 1. The van der Waals surface area contributed by atoms with Crippen LogP contribution >= 0.6 is 0 Å². The Hall–Kier alpha value is -1.84. The summed E-state index contributed by atoms with van der Waals surface area (Å²) in [7, 11) is 0. The highest BCUT2D eigenvalue weighted by Gasteiger charge is 2.10. The first-order chi connectivity index (χ1) is 9.02. The second kappa shape index (κ2) is 7.56. The molecule has 0 fully saturated rings. The number of carbonyl (C=O) groups is 1. The van der Waals surface area contributed by atoms with Crippen molar-refractivity contribution in [1.29, 1.82) is 0 Å². The molecule has 0 aliphatic carbocycles. The lowest BCUT2D eigenvalue weighted by Crippen LogP contribution is -2.24. The molecule has 0 saturated carbocycles. The molecule has 1 aromatic rings. The van der Waals surface area contributed by atoms with Gasteiger partial charge in [-0.25, -0.2) is 0 Å². The van der Waals surface area contributed by atoms with Crippen molar-refractivity contribution in [1.82, 2.24) is 15.1 Å². The highest BCUT2D eigenvalue weighted by Crippen LogP contribution is 2.08. The number of nitrogens with zero attached hydrogens (tertiary/aromatic N) is 2. The molecule has 0 bridgehead atoms. The second-order valence-electron chi connectivity index (χ2n) is 4.80. The van der Waals surface area contributed by atoms with Crippen molar-refractivity contribution in [3.05, 3.63) is 41.9 Å². The maximum Gasteiger partial charge on any atom is 0.226 e. The van der Waals surface area contributed by atoms with E-state index in [1.165, 1.54) is 5.57 Å². The first kappa shape index (κ1) is 15.2. The minimum absolute atomic E-state index is 0.0132. The molecule has 1 aromatic heterocycles. The van der Waals surface area contributed by atoms with Gasteiger partial charge in [-0.2, -0.15) is 5.10 Å². The molecule has 1 unspecified atom stereocenters. The summed E-state index contributed by atoms with van der Waals surface area (Å²) in [6, 6.07) is 1.92. The van der Waals surface area contributed by atoms with Crippen molar-refractivity contribution in [2.24, 2.45) is 0 Å². The molecular weight excluding hydrogens is 238 g/mol. The first-order valence-electron chi connectivity index (χ1n) is 6.66. The van der Waals surface area contributed by atoms with Crippen LogP contribution in [0.1, 0.15) is 46.6 Å². The SMILES string of the molecule is CC/C(C)=C\C=C(/C)NC(=O)CC(C)n1cccn1. The van der Waals surface area contributed by atoms with E-state index in [1.54, 1.807) is 10.9 Å². The van der Waals surface area contributed by atoms with E-state index in [-0.39, 0.29) is 11.9 Å². The molecule has 1 amide bonds. The number of hydrogen-bond acceptors (Lipinski definition) is 2. The standard InChI is InChI=1S/C15H23N3O/c1-5-12(2)7-8-13(3)17-15(19)11-14(4)18-10-6-9-16-18/h6-10,14H,5,11H2,1-4H3,(H,17,19)/b12-7-,13-8+. The summed E-state index contributed by atoms with van der Waals surface area (Å²) in [6.07, 6.45) is 9.01. The van der Waals surface area contributed by atoms with Gasteiger partial charge in [0.15, 0.2) is 0 Å². The van der Waals surface area contributed by atoms with E-state index in [9.17, 15) is 4.79 Å². The molecule has 0 aromatic carbocycles. The molecule has 0 aliphatic heterocycles. The van der Waals surface area contributed by atoms with Gasteiger partial charge in [0.25, 0.3) is 0 Å². The van der Waals surface area contributed by atoms with Crippen LogP contribution in [-0.2, 0) is 4.79 Å². The van der Waals surface area contributed by atoms with Gasteiger partial charge in [-0.1, -0.05) is 18.6 Å². The van der Waals surface area contributed by atoms with Crippen molar-refractivity contribution in [3.8, 4) is 0 Å². The van der Waals surface area contributed by atoms with E-state index >= 15 is 0 Å². The van der Waals surface area contributed by atoms with Gasteiger partial charge in [0.05, 0.1) is 6.04 Å². The molecule has 0 radical (unpaired) electrons. The lowest BCUT2D eigenvalue weighted by atomic mass is 10.2. The van der Waals surface area contributed by atoms with Crippen LogP contribution < -0.4 is 5.32 Å². The monoisotopic (exact) mass is 261 g/mol. The fraction of sp³-hybridized carbons (Fsp3) is 0.467. The van der Waals surface area contributed by atoms with E-state index in [2.05, 4.69) is 24.3 Å². The van der Waals surface area contributed by atoms with Crippen LogP contribution in [0.2, 0.25) is 0 Å². The molecule has 0 aliphatic rings. The maximum atomic E-state index is 11.9. The van der Waals surface area contributed by atoms with Crippen LogP contribution in [-0.4, -0.2) is 15.7 Å². The average molecular weight is 261 g/mol. The summed E-state index contributed by atoms with van der Waals surface area (Å²) in [5, 5.41) is 7.02. The quantitative estimate of drug-likeness (QED) is 0.799. The Labute approximate surface area is 115 Å². The smallest absolute Gasteiger partial charge is 0.226 e. The molecule has 104 valence electrons. The van der Waals surface area contributed by atoms with Crippen molar-refractivity contribution < 1.29 is 4.79 Å². The fourth-order valence-corrected chi connectivity index (χ4v) is 1.60. The minimum Gasteiger partial charge on any atom is -0.330 e. The van der Waals surface area contributed by atoms with Gasteiger partial charge in [-0.15, -0.1) is 0 Å². The van der Waals surface area contributed by atoms with Gasteiger partial charge in [0.2, 0.25) is 5.91 Å². The van der Waals surface area contributed by atoms with Crippen molar-refractivity contribution >= 4 is 5.91 Å². The molecule has 1 N–H and O–H groups in total. The van der Waals surface area contributed by atoms with Gasteiger partial charge < -0.3 is 5.32 Å². The Morgan fingerprint density at radius 2 is 2.16 bits per heavy atom. The van der Waals surface area contributed by atoms with Gasteiger partial charge in [0.1, 0.15) is 0 Å². The molecule has 0 saturated heterocycles. The number of rotatable bonds is 6. The highest BCUT2D eigenvalue weighted by molar-refractivity contribution is 5.78. The molecule has 0 spiro atoms. The van der Waals surface area contributed by atoms with Crippen LogP contribution in [0.4, 0.5) is 0 Å². The van der Waals surface area contributed by atoms with E-state index in [0.29, 0.717) is 6.42 Å². The first-order valence-corrected chi connectivity index (χ1v) is 6.66. The number of allylic oxidation sites excluding steroid dienone is 4. The molecule has 1 atom stereocenters. The van der Waals surface area contributed by atoms with Gasteiger partial charge in [0, 0.05) is 24.5 Å². The maximum absolute atomic E-state index is 11.9. The van der Waals surface area contributed by atoms with Crippen LogP contribution in [0.3, 0.4) is 0 Å². The van der Waals surface area contributed by atoms with E-state index in [1.807, 2.05) is 38.3 Å². The van der Waals surface area contributed by atoms with Crippen LogP contribution in [0.15, 0.2) is 41.9 Å². The normalized spacial score (nSPS) is 14.3. The predicted molar refractivity (Wildman–Crippen MR) is 77.5 cm³/mol. The van der Waals surface area contributed by atoms with Crippen LogP contribution in [0, 0.1) is 0 Å². The summed E-state index contributed by atoms with van der Waals surface area (Å²) >= 11 is 0. The number of amides is 1. The lowest BCUT2D eigenvalue weighted by molar-refractivity contribution is -0.121. The largest absolute Gasteiger partial charge is 0.330 e. The molecule has 1 rings (SSSR count). The lowest BCUT2D eigenvalue weighted by Gasteiger charge is -2.12. The molecule has 4 nitrogen and oxygen atoms in total. The van der Waals surface area contributed by atoms with Gasteiger partial charge in [-0.3, -0.25) is 9.48 Å². The summed E-state index contributed by atoms with van der Waals surface area (Å²) in [5.41, 5.74) is 2.16. The molecule has 19 heavy (non-hydrogen) atoms. The summed E-state index contributed by atoms with van der Waals surface area (Å²) in [4.78, 5) is 11.9. The van der Waals surface area contributed by atoms with Crippen LogP contribution in [0.5, 0.6) is 0 Å². The van der Waals surface area contributed by atoms with Crippen molar-refractivity contribution in [2.45, 2.75) is 46.6 Å². The van der Waals surface area contributed by atoms with E-state index in [0.717, 1.165) is 12.1 Å². The third kappa shape index (κ3) is 5.55. The Morgan fingerprint density at radius 3 is 2.74 bits per heavy atom. The number of nitrogens with one attached hydrogen (secondary N) is 1. The second-order valence-corrected chi connectivity index (χ2v) is 4.80. The number of aromatic nitrogens is 2. The van der Waals surface area contributed by atoms with Crippen molar-refractivity contribution in [2.75, 3.05) is 0 Å². The minimum atomic E-state index is 0.0132.